The van der Waals surface area contributed by atoms with E-state index in [1.807, 2.05) is 67.6 Å². The summed E-state index contributed by atoms with van der Waals surface area (Å²) >= 11 is 0. The Hall–Kier alpha value is -1.85. The van der Waals surface area contributed by atoms with E-state index < -0.39 is 22.1 Å². The Morgan fingerprint density at radius 2 is 1.25 bits per heavy atom. The van der Waals surface area contributed by atoms with Crippen LogP contribution in [-0.4, -0.2) is 8.42 Å². The maximum Gasteiger partial charge on any atom is 3.00 e. The SMILES string of the molecule is Cc1ccc(S(=O)(=O)[N-]C(c2ccccc2)C([NH-])c2ccccc2)cc1.[CH3-].[Ru+3]. The molecule has 0 saturated carbocycles. The Bertz CT molecular complexity index is 947. The molecule has 147 valence electrons. The van der Waals surface area contributed by atoms with Crippen molar-refractivity contribution in [3.05, 3.63) is 120 Å². The first-order chi connectivity index (χ1) is 12.5. The second kappa shape index (κ2) is 10.6. The van der Waals surface area contributed by atoms with E-state index in [1.54, 1.807) is 24.3 Å². The molecule has 2 atom stereocenters. The molecule has 0 heterocycles. The molecule has 4 nitrogen and oxygen atoms in total. The molecule has 0 aliphatic carbocycles. The molecule has 0 aliphatic heterocycles. The minimum absolute atomic E-state index is 0. The van der Waals surface area contributed by atoms with Crippen molar-refractivity contribution in [3.63, 3.8) is 0 Å². The van der Waals surface area contributed by atoms with Crippen LogP contribution in [0.15, 0.2) is 89.8 Å². The van der Waals surface area contributed by atoms with Crippen LogP contribution in [0.3, 0.4) is 0 Å². The van der Waals surface area contributed by atoms with Crippen molar-refractivity contribution in [2.24, 2.45) is 0 Å². The molecule has 0 bridgehead atoms. The fraction of sp³-hybridized carbons (Fsp3) is 0.136. The van der Waals surface area contributed by atoms with Crippen molar-refractivity contribution in [2.45, 2.75) is 23.9 Å². The van der Waals surface area contributed by atoms with E-state index in [9.17, 15) is 8.42 Å². The first-order valence-corrected chi connectivity index (χ1v) is 9.76. The number of nitrogens with zero attached hydrogens (tertiary/aromatic N) is 1. The zero-order valence-electron chi connectivity index (χ0n) is 15.8. The predicted molar refractivity (Wildman–Crippen MR) is 111 cm³/mol. The fourth-order valence-electron chi connectivity index (χ4n) is 2.73. The second-order valence-corrected chi connectivity index (χ2v) is 7.77. The molecule has 6 heteroatoms. The van der Waals surface area contributed by atoms with Crippen LogP contribution < -0.4 is 0 Å². The average molecular weight is 481 g/mol. The fourth-order valence-corrected chi connectivity index (χ4v) is 3.87. The summed E-state index contributed by atoms with van der Waals surface area (Å²) in [7, 11) is -3.87. The summed E-state index contributed by atoms with van der Waals surface area (Å²) in [5.41, 5.74) is 11.0. The summed E-state index contributed by atoms with van der Waals surface area (Å²) in [6.07, 6.45) is 0. The Morgan fingerprint density at radius 1 is 0.786 bits per heavy atom. The maximum atomic E-state index is 12.8. The van der Waals surface area contributed by atoms with Crippen molar-refractivity contribution in [2.75, 3.05) is 0 Å². The molecule has 3 aromatic rings. The number of aryl methyl sites for hydroxylation is 1. The second-order valence-electron chi connectivity index (χ2n) is 6.14. The summed E-state index contributed by atoms with van der Waals surface area (Å²) in [6, 6.07) is 23.3. The summed E-state index contributed by atoms with van der Waals surface area (Å²) in [6.45, 7) is 1.90. The number of hydrogen-bond acceptors (Lipinski definition) is 2. The van der Waals surface area contributed by atoms with Gasteiger partial charge in [-0.25, -0.2) is 8.42 Å². The third-order valence-electron chi connectivity index (χ3n) is 4.19. The minimum atomic E-state index is -3.87. The first kappa shape index (κ1) is 24.2. The van der Waals surface area contributed by atoms with E-state index >= 15 is 0 Å². The summed E-state index contributed by atoms with van der Waals surface area (Å²) in [5.74, 6) is 0. The van der Waals surface area contributed by atoms with E-state index in [-0.39, 0.29) is 31.8 Å². The molecule has 3 aromatic carbocycles. The van der Waals surface area contributed by atoms with Crippen molar-refractivity contribution < 1.29 is 27.9 Å². The van der Waals surface area contributed by atoms with Gasteiger partial charge in [-0.1, -0.05) is 89.5 Å². The van der Waals surface area contributed by atoms with Gasteiger partial charge in [-0.15, -0.1) is 12.1 Å². The topological polar surface area (TPSA) is 72.0 Å². The number of hydrogen-bond donors (Lipinski definition) is 0. The van der Waals surface area contributed by atoms with Crippen molar-refractivity contribution >= 4 is 10.0 Å². The van der Waals surface area contributed by atoms with Crippen LogP contribution in [-0.2, 0) is 29.5 Å². The average Bonchev–Trinajstić information content (AvgIpc) is 2.67. The molecule has 0 spiro atoms. The van der Waals surface area contributed by atoms with Gasteiger partial charge < -0.3 is 17.9 Å². The van der Waals surface area contributed by atoms with Crippen LogP contribution in [0.25, 0.3) is 10.5 Å². The van der Waals surface area contributed by atoms with Crippen LogP contribution in [0.4, 0.5) is 0 Å². The summed E-state index contributed by atoms with van der Waals surface area (Å²) < 4.78 is 29.8. The Kier molecular flexibility index (Phi) is 9.18. The van der Waals surface area contributed by atoms with E-state index in [0.717, 1.165) is 11.1 Å². The smallest absolute Gasteiger partial charge is 0.672 e. The largest absolute Gasteiger partial charge is 3.00 e. The number of benzene rings is 3. The van der Waals surface area contributed by atoms with Crippen LogP contribution in [0.1, 0.15) is 28.8 Å². The molecule has 0 fully saturated rings. The molecule has 2 unspecified atom stereocenters. The Labute approximate surface area is 181 Å². The normalized spacial score (nSPS) is 12.9. The predicted octanol–water partition coefficient (Wildman–Crippen LogP) is 6.04. The van der Waals surface area contributed by atoms with E-state index in [2.05, 4.69) is 4.72 Å². The molecule has 1 N–H and O–H groups in total. The Balaban J connectivity index is 0.00000196. The maximum absolute atomic E-state index is 12.8. The number of nitrogens with one attached hydrogen (secondary N) is 1. The van der Waals surface area contributed by atoms with Gasteiger partial charge in [0.15, 0.2) is 0 Å². The van der Waals surface area contributed by atoms with Gasteiger partial charge in [-0.05, 0) is 19.1 Å². The van der Waals surface area contributed by atoms with Gasteiger partial charge in [0.25, 0.3) is 0 Å². The number of rotatable bonds is 6. The quantitative estimate of drug-likeness (QED) is 0.319. The van der Waals surface area contributed by atoms with Gasteiger partial charge in [0.2, 0.25) is 0 Å². The van der Waals surface area contributed by atoms with Crippen LogP contribution in [0.2, 0.25) is 0 Å². The molecule has 0 saturated heterocycles. The molecular formula is C22H23N2O2RuS. The van der Waals surface area contributed by atoms with Crippen LogP contribution >= 0.6 is 0 Å². The summed E-state index contributed by atoms with van der Waals surface area (Å²) in [5, 5.41) is 0. The van der Waals surface area contributed by atoms with Gasteiger partial charge >= 0.3 is 19.5 Å². The molecule has 0 aromatic heterocycles. The van der Waals surface area contributed by atoms with Gasteiger partial charge in [0.05, 0.1) is 0 Å². The minimum Gasteiger partial charge on any atom is -0.672 e. The summed E-state index contributed by atoms with van der Waals surface area (Å²) in [4.78, 5) is 0.143. The van der Waals surface area contributed by atoms with Crippen molar-refractivity contribution in [1.29, 1.82) is 0 Å². The van der Waals surface area contributed by atoms with Crippen molar-refractivity contribution in [3.8, 4) is 0 Å². The third kappa shape index (κ3) is 5.82. The number of sulfonamides is 1. The van der Waals surface area contributed by atoms with Gasteiger partial charge in [-0.3, -0.25) is 0 Å². The molecule has 28 heavy (non-hydrogen) atoms. The van der Waals surface area contributed by atoms with Gasteiger partial charge in [-0.2, -0.15) is 0 Å². The first-order valence-electron chi connectivity index (χ1n) is 8.32. The van der Waals surface area contributed by atoms with Crippen LogP contribution in [0.5, 0.6) is 0 Å². The molecule has 0 aliphatic rings. The zero-order valence-corrected chi connectivity index (χ0v) is 18.3. The van der Waals surface area contributed by atoms with Gasteiger partial charge in [0.1, 0.15) is 10.0 Å². The molecular weight excluding hydrogens is 457 g/mol. The monoisotopic (exact) mass is 481 g/mol. The zero-order chi connectivity index (χ0) is 18.6. The van der Waals surface area contributed by atoms with E-state index in [4.69, 9.17) is 5.73 Å². The van der Waals surface area contributed by atoms with E-state index in [1.165, 1.54) is 0 Å². The van der Waals surface area contributed by atoms with E-state index in [0.29, 0.717) is 5.56 Å². The molecule has 0 amide bonds. The standard InChI is InChI=1S/C21H20N2O2S.CH3.Ru/c1-16-12-14-19(15-13-16)26(24,25)23-21(18-10-6-3-7-11-18)20(22)17-8-4-2-5-9-17;;/h2-15,20-22H,1H3;1H3;/q-2;-1;+3. The molecule has 3 rings (SSSR count). The van der Waals surface area contributed by atoms with Gasteiger partial charge in [0, 0.05) is 4.90 Å². The molecule has 1 radical (unpaired) electrons. The van der Waals surface area contributed by atoms with Crippen LogP contribution in [0, 0.1) is 14.4 Å². The third-order valence-corrected chi connectivity index (χ3v) is 5.56. The van der Waals surface area contributed by atoms with Crippen molar-refractivity contribution in [1.82, 2.24) is 0 Å². The Morgan fingerprint density at radius 3 is 1.75 bits per heavy atom.